The van der Waals surface area contributed by atoms with Crippen molar-refractivity contribution in [2.45, 2.75) is 6.61 Å². The maximum Gasteiger partial charge on any atom is 0.293 e. The second kappa shape index (κ2) is 12.8. The number of hydrogen-bond donors (Lipinski definition) is 0. The van der Waals surface area contributed by atoms with Crippen LogP contribution < -0.4 is 18.9 Å². The summed E-state index contributed by atoms with van der Waals surface area (Å²) in [5.41, 5.74) is 1.42. The molecule has 11 heteroatoms. The fraction of sp³-hybridized carbons (Fsp3) is 0.185. The molecule has 1 heterocycles. The Bertz CT molecular complexity index is 1400. The van der Waals surface area contributed by atoms with E-state index in [0.717, 1.165) is 22.2 Å². The number of halogens is 3. The van der Waals surface area contributed by atoms with Crippen molar-refractivity contribution in [1.29, 1.82) is 0 Å². The van der Waals surface area contributed by atoms with Crippen LogP contribution in [0.1, 0.15) is 11.1 Å². The van der Waals surface area contributed by atoms with Gasteiger partial charge in [0, 0.05) is 15.6 Å². The number of methoxy groups -OCH3 is 2. The zero-order valence-electron chi connectivity index (χ0n) is 20.3. The standard InChI is InChI=1S/C27H22BrCl2NO6S/c1-34-21-5-3-4-6-22(21)36-10-9-31-26(32)24(38-27(31)33)13-16-11-19(28)25(23(12-16)35-2)37-15-17-7-8-18(29)14-20(17)30/h3-8,11-14H,9-10,15H2,1-2H3/b24-13-. The van der Waals surface area contributed by atoms with Gasteiger partial charge in [-0.1, -0.05) is 41.4 Å². The van der Waals surface area contributed by atoms with Gasteiger partial charge in [-0.2, -0.15) is 0 Å². The molecule has 1 aliphatic heterocycles. The minimum absolute atomic E-state index is 0.104. The Morgan fingerprint density at radius 1 is 0.947 bits per heavy atom. The lowest BCUT2D eigenvalue weighted by Crippen LogP contribution is -2.32. The van der Waals surface area contributed by atoms with Gasteiger partial charge in [0.05, 0.1) is 30.1 Å². The summed E-state index contributed by atoms with van der Waals surface area (Å²) in [5, 5.41) is 0.666. The molecule has 3 aromatic carbocycles. The first-order valence-electron chi connectivity index (χ1n) is 11.3. The highest BCUT2D eigenvalue weighted by Gasteiger charge is 2.35. The van der Waals surface area contributed by atoms with Gasteiger partial charge in [-0.25, -0.2) is 0 Å². The molecule has 0 bridgehead atoms. The summed E-state index contributed by atoms with van der Waals surface area (Å²) in [4.78, 5) is 26.9. The van der Waals surface area contributed by atoms with E-state index in [1.54, 1.807) is 55.7 Å². The summed E-state index contributed by atoms with van der Waals surface area (Å²) in [7, 11) is 3.06. The number of para-hydroxylation sites is 2. The smallest absolute Gasteiger partial charge is 0.293 e. The third-order valence-electron chi connectivity index (χ3n) is 5.45. The number of rotatable bonds is 10. The fourth-order valence-electron chi connectivity index (χ4n) is 3.58. The van der Waals surface area contributed by atoms with Crippen molar-refractivity contribution < 1.29 is 28.5 Å². The van der Waals surface area contributed by atoms with Gasteiger partial charge >= 0.3 is 0 Å². The number of carbonyl (C=O) groups excluding carboxylic acids is 2. The van der Waals surface area contributed by atoms with Gasteiger partial charge in [0.1, 0.15) is 13.2 Å². The van der Waals surface area contributed by atoms with Gasteiger partial charge in [-0.15, -0.1) is 0 Å². The van der Waals surface area contributed by atoms with Crippen molar-refractivity contribution in [2.75, 3.05) is 27.4 Å². The zero-order valence-corrected chi connectivity index (χ0v) is 24.2. The number of nitrogens with zero attached hydrogens (tertiary/aromatic N) is 1. The predicted octanol–water partition coefficient (Wildman–Crippen LogP) is 7.47. The molecule has 0 aliphatic carbocycles. The van der Waals surface area contributed by atoms with Crippen LogP contribution in [0.3, 0.4) is 0 Å². The van der Waals surface area contributed by atoms with Gasteiger partial charge in [-0.3, -0.25) is 14.5 Å². The Kier molecular flexibility index (Phi) is 9.49. The molecule has 7 nitrogen and oxygen atoms in total. The van der Waals surface area contributed by atoms with E-state index in [1.165, 1.54) is 7.11 Å². The Labute approximate surface area is 242 Å². The highest BCUT2D eigenvalue weighted by Crippen LogP contribution is 2.40. The number of carbonyl (C=O) groups is 2. The highest BCUT2D eigenvalue weighted by molar-refractivity contribution is 9.10. The summed E-state index contributed by atoms with van der Waals surface area (Å²) >= 11 is 16.6. The molecule has 4 rings (SSSR count). The maximum absolute atomic E-state index is 13.0. The third kappa shape index (κ3) is 6.58. The van der Waals surface area contributed by atoms with Crippen molar-refractivity contribution in [3.63, 3.8) is 0 Å². The minimum Gasteiger partial charge on any atom is -0.493 e. The molecule has 0 spiro atoms. The third-order valence-corrected chi connectivity index (χ3v) is 7.54. The molecule has 1 aliphatic rings. The molecule has 38 heavy (non-hydrogen) atoms. The molecule has 0 unspecified atom stereocenters. The number of hydrogen-bond acceptors (Lipinski definition) is 7. The molecular formula is C27H22BrCl2NO6S. The molecule has 0 aromatic heterocycles. The van der Waals surface area contributed by atoms with E-state index in [4.69, 9.17) is 42.1 Å². The van der Waals surface area contributed by atoms with Crippen LogP contribution in [0.15, 0.2) is 64.0 Å². The second-order valence-electron chi connectivity index (χ2n) is 7.89. The van der Waals surface area contributed by atoms with E-state index < -0.39 is 5.91 Å². The lowest BCUT2D eigenvalue weighted by atomic mass is 10.1. The van der Waals surface area contributed by atoms with Crippen molar-refractivity contribution in [1.82, 2.24) is 4.90 Å². The van der Waals surface area contributed by atoms with Gasteiger partial charge < -0.3 is 18.9 Å². The zero-order chi connectivity index (χ0) is 27.2. The van der Waals surface area contributed by atoms with Crippen LogP contribution in [0, 0.1) is 0 Å². The number of thioether (sulfide) groups is 1. The van der Waals surface area contributed by atoms with E-state index in [1.807, 2.05) is 12.1 Å². The van der Waals surface area contributed by atoms with Crippen LogP contribution in [-0.4, -0.2) is 43.4 Å². The Morgan fingerprint density at radius 2 is 1.68 bits per heavy atom. The molecule has 0 radical (unpaired) electrons. The van der Waals surface area contributed by atoms with Crippen molar-refractivity contribution >= 4 is 68.1 Å². The van der Waals surface area contributed by atoms with E-state index in [0.29, 0.717) is 48.0 Å². The van der Waals surface area contributed by atoms with Gasteiger partial charge in [0.25, 0.3) is 11.1 Å². The van der Waals surface area contributed by atoms with Crippen LogP contribution in [0.4, 0.5) is 4.79 Å². The summed E-state index contributed by atoms with van der Waals surface area (Å²) in [5.74, 6) is 1.63. The average Bonchev–Trinajstić information content (AvgIpc) is 3.16. The fourth-order valence-corrected chi connectivity index (χ4v) is 5.48. The molecule has 2 amide bonds. The van der Waals surface area contributed by atoms with E-state index in [-0.39, 0.29) is 25.0 Å². The molecule has 0 saturated carbocycles. The first-order chi connectivity index (χ1) is 18.3. The lowest BCUT2D eigenvalue weighted by Gasteiger charge is -2.15. The molecule has 198 valence electrons. The molecular weight excluding hydrogens is 617 g/mol. The van der Waals surface area contributed by atoms with Crippen molar-refractivity contribution in [3.05, 3.63) is 85.1 Å². The summed E-state index contributed by atoms with van der Waals surface area (Å²) in [6, 6.07) is 15.8. The highest BCUT2D eigenvalue weighted by atomic mass is 79.9. The Hall–Kier alpha value is -2.85. The van der Waals surface area contributed by atoms with Crippen LogP contribution in [0.25, 0.3) is 6.08 Å². The predicted molar refractivity (Wildman–Crippen MR) is 153 cm³/mol. The topological polar surface area (TPSA) is 74.3 Å². The second-order valence-corrected chi connectivity index (χ2v) is 10.6. The first-order valence-corrected chi connectivity index (χ1v) is 13.6. The van der Waals surface area contributed by atoms with E-state index >= 15 is 0 Å². The van der Waals surface area contributed by atoms with Gasteiger partial charge in [-0.05, 0) is 75.7 Å². The number of amides is 2. The number of imide groups is 1. The lowest BCUT2D eigenvalue weighted by molar-refractivity contribution is -0.123. The van der Waals surface area contributed by atoms with Crippen molar-refractivity contribution in [3.8, 4) is 23.0 Å². The van der Waals surface area contributed by atoms with Gasteiger partial charge in [0.2, 0.25) is 0 Å². The van der Waals surface area contributed by atoms with Crippen LogP contribution >= 0.6 is 50.9 Å². The number of benzene rings is 3. The minimum atomic E-state index is -0.392. The summed E-state index contributed by atoms with van der Waals surface area (Å²) in [6.07, 6.45) is 1.64. The van der Waals surface area contributed by atoms with E-state index in [9.17, 15) is 9.59 Å². The summed E-state index contributed by atoms with van der Waals surface area (Å²) in [6.45, 7) is 0.433. The first kappa shape index (κ1) is 28.2. The number of ether oxygens (including phenoxy) is 4. The van der Waals surface area contributed by atoms with Gasteiger partial charge in [0.15, 0.2) is 23.0 Å². The molecule has 1 saturated heterocycles. The van der Waals surface area contributed by atoms with Crippen LogP contribution in [0.2, 0.25) is 10.0 Å². The Balaban J connectivity index is 1.45. The SMILES string of the molecule is COc1ccccc1OCCN1C(=O)S/C(=C\c2cc(Br)c(OCc3ccc(Cl)cc3Cl)c(OC)c2)C1=O. The average molecular weight is 639 g/mol. The Morgan fingerprint density at radius 3 is 2.39 bits per heavy atom. The molecule has 0 N–H and O–H groups in total. The van der Waals surface area contributed by atoms with E-state index in [2.05, 4.69) is 15.9 Å². The largest absolute Gasteiger partial charge is 0.493 e. The molecule has 0 atom stereocenters. The van der Waals surface area contributed by atoms with Crippen LogP contribution in [-0.2, 0) is 11.4 Å². The maximum atomic E-state index is 13.0. The monoisotopic (exact) mass is 637 g/mol. The van der Waals surface area contributed by atoms with Crippen molar-refractivity contribution in [2.24, 2.45) is 0 Å². The quantitative estimate of drug-likeness (QED) is 0.213. The van der Waals surface area contributed by atoms with Crippen LogP contribution in [0.5, 0.6) is 23.0 Å². The normalized spacial score (nSPS) is 14.2. The summed E-state index contributed by atoms with van der Waals surface area (Å²) < 4.78 is 23.1. The molecule has 1 fully saturated rings. The molecule has 3 aromatic rings.